The van der Waals surface area contributed by atoms with Gasteiger partial charge in [0, 0.05) is 50.0 Å². The topological polar surface area (TPSA) is 149 Å². The van der Waals surface area contributed by atoms with E-state index in [0.29, 0.717) is 24.3 Å². The molecule has 1 atom stereocenters. The second-order valence-electron chi connectivity index (χ2n) is 15.1. The molecule has 4 aliphatic rings. The van der Waals surface area contributed by atoms with Crippen LogP contribution in [0.5, 0.6) is 17.4 Å². The van der Waals surface area contributed by atoms with Crippen molar-refractivity contribution in [3.63, 3.8) is 0 Å². The van der Waals surface area contributed by atoms with E-state index in [1.54, 1.807) is 31.5 Å². The fourth-order valence-corrected chi connectivity index (χ4v) is 7.91. The number of carbonyl (C=O) groups excluding carboxylic acids is 4. The molecule has 1 unspecified atom stereocenters. The summed E-state index contributed by atoms with van der Waals surface area (Å²) in [5.41, 5.74) is 3.26. The van der Waals surface area contributed by atoms with Gasteiger partial charge in [-0.25, -0.2) is 9.97 Å². The van der Waals surface area contributed by atoms with Gasteiger partial charge in [-0.15, -0.1) is 0 Å². The van der Waals surface area contributed by atoms with Crippen molar-refractivity contribution in [3.05, 3.63) is 89.2 Å². The maximum absolute atomic E-state index is 13.1. The number of ether oxygens (including phenoxy) is 4. The number of benzene rings is 2. The van der Waals surface area contributed by atoms with Crippen molar-refractivity contribution >= 4 is 46.7 Å². The normalized spacial score (nSPS) is 21.5. The molecule has 0 radical (unpaired) electrons. The van der Waals surface area contributed by atoms with Crippen LogP contribution in [-0.2, 0) is 14.3 Å². The van der Waals surface area contributed by atoms with Crippen LogP contribution in [0, 0.1) is 0 Å². The first-order valence-electron chi connectivity index (χ1n) is 19.9. The van der Waals surface area contributed by atoms with E-state index in [4.69, 9.17) is 23.9 Å². The van der Waals surface area contributed by atoms with Crippen LogP contribution in [0.4, 0.5) is 0 Å². The van der Waals surface area contributed by atoms with E-state index < -0.39 is 29.7 Å². The summed E-state index contributed by atoms with van der Waals surface area (Å²) in [6.07, 6.45) is 13.5. The van der Waals surface area contributed by atoms with Gasteiger partial charge in [-0.05, 0) is 105 Å². The Hall–Kier alpha value is -5.66. The fraction of sp³-hybridized carbons (Fsp3) is 0.409. The molecule has 2 aromatic heterocycles. The van der Waals surface area contributed by atoms with E-state index in [1.807, 2.05) is 42.5 Å². The molecule has 4 amide bonds. The van der Waals surface area contributed by atoms with E-state index in [2.05, 4.69) is 27.3 Å². The Morgan fingerprint density at radius 2 is 1.63 bits per heavy atom. The van der Waals surface area contributed by atoms with Gasteiger partial charge in [-0.2, -0.15) is 0 Å². The predicted molar refractivity (Wildman–Crippen MR) is 212 cm³/mol. The average molecular weight is 774 g/mol. The molecule has 0 spiro atoms. The fourth-order valence-electron chi connectivity index (χ4n) is 7.91. The summed E-state index contributed by atoms with van der Waals surface area (Å²) in [4.78, 5) is 62.2. The number of nitrogens with one attached hydrogen (secondary N) is 1. The zero-order valence-electron chi connectivity index (χ0n) is 32.1. The highest BCUT2D eigenvalue weighted by molar-refractivity contribution is 6.23. The highest BCUT2D eigenvalue weighted by Gasteiger charge is 2.44. The van der Waals surface area contributed by atoms with E-state index in [-0.39, 0.29) is 36.2 Å². The zero-order chi connectivity index (χ0) is 39.3. The number of amides is 4. The number of piperidine rings is 2. The Balaban J connectivity index is 0.692. The number of imide groups is 2. The number of fused-ring (bicyclic) bond motifs is 2. The average Bonchev–Trinajstić information content (AvgIpc) is 3.45. The number of hydrogen-bond acceptors (Lipinski definition) is 11. The van der Waals surface area contributed by atoms with E-state index >= 15 is 0 Å². The number of methoxy groups -OCH3 is 1. The summed E-state index contributed by atoms with van der Waals surface area (Å²) in [6, 6.07) is 17.8. The maximum atomic E-state index is 13.1. The largest absolute Gasteiger partial charge is 0.494 e. The number of carbonyl (C=O) groups is 4. The molecular formula is C44H47N5O8. The lowest BCUT2D eigenvalue weighted by atomic mass is 9.91. The van der Waals surface area contributed by atoms with Crippen molar-refractivity contribution < 1.29 is 38.1 Å². The molecule has 4 aromatic rings. The van der Waals surface area contributed by atoms with Crippen molar-refractivity contribution in [3.8, 4) is 17.4 Å². The molecule has 5 heterocycles. The van der Waals surface area contributed by atoms with Gasteiger partial charge in [0.1, 0.15) is 23.6 Å². The van der Waals surface area contributed by atoms with E-state index in [0.717, 1.165) is 97.4 Å². The van der Waals surface area contributed by atoms with Crippen LogP contribution < -0.4 is 19.5 Å². The van der Waals surface area contributed by atoms with E-state index in [9.17, 15) is 19.2 Å². The first kappa shape index (κ1) is 38.2. The van der Waals surface area contributed by atoms with Crippen LogP contribution in [0.1, 0.15) is 89.8 Å². The van der Waals surface area contributed by atoms with Crippen molar-refractivity contribution in [1.82, 2.24) is 25.1 Å². The first-order valence-corrected chi connectivity index (χ1v) is 19.9. The molecular weight excluding hydrogens is 727 g/mol. The molecule has 57 heavy (non-hydrogen) atoms. The molecule has 3 fully saturated rings. The number of rotatable bonds is 15. The maximum Gasteiger partial charge on any atom is 0.262 e. The Labute approximate surface area is 331 Å². The summed E-state index contributed by atoms with van der Waals surface area (Å²) in [5, 5.41) is 3.26. The van der Waals surface area contributed by atoms with Gasteiger partial charge in [0.2, 0.25) is 17.7 Å². The highest BCUT2D eigenvalue weighted by atomic mass is 16.5. The Morgan fingerprint density at radius 1 is 0.807 bits per heavy atom. The first-order chi connectivity index (χ1) is 27.8. The van der Waals surface area contributed by atoms with Gasteiger partial charge in [0.15, 0.2) is 0 Å². The van der Waals surface area contributed by atoms with Gasteiger partial charge in [0.25, 0.3) is 11.8 Å². The van der Waals surface area contributed by atoms with Crippen LogP contribution >= 0.6 is 0 Å². The quantitative estimate of drug-likeness (QED) is 0.115. The van der Waals surface area contributed by atoms with Gasteiger partial charge in [-0.3, -0.25) is 29.4 Å². The van der Waals surface area contributed by atoms with Gasteiger partial charge >= 0.3 is 0 Å². The lowest BCUT2D eigenvalue weighted by molar-refractivity contribution is -0.136. The van der Waals surface area contributed by atoms with Gasteiger partial charge in [-0.1, -0.05) is 12.1 Å². The Morgan fingerprint density at radius 3 is 2.46 bits per heavy atom. The molecule has 13 heteroatoms. The summed E-state index contributed by atoms with van der Waals surface area (Å²) in [6.45, 7) is 3.61. The number of aromatic nitrogens is 2. The molecule has 296 valence electrons. The van der Waals surface area contributed by atoms with Crippen molar-refractivity contribution in [1.29, 1.82) is 0 Å². The third-order valence-electron chi connectivity index (χ3n) is 11.2. The standard InChI is InChI=1S/C44H47N5O8/c1-54-41-23-28(15-18-45-41)5-7-30-8-6-29-24-33(10-12-38(29)46-30)57-35-25-34(26-35)56-31-16-20-48(21-17-31)19-3-2-4-22-55-32-9-11-36-37(27-32)44(53)49(43(36)52)39-13-14-40(50)47-42(39)51/h5-12,15,18,23-24,27,31,34-35,39H,2-4,13-14,16-17,19-22,25-26H2,1H3,(H,47,50,51)/b7-5+. The molecule has 3 aliphatic heterocycles. The molecule has 1 saturated carbocycles. The molecule has 1 N–H and O–H groups in total. The second kappa shape index (κ2) is 17.2. The number of unbranched alkanes of at least 4 members (excludes halogenated alkanes) is 2. The van der Waals surface area contributed by atoms with Crippen LogP contribution in [0.15, 0.2) is 66.9 Å². The molecule has 2 aromatic carbocycles. The number of hydrogen-bond donors (Lipinski definition) is 1. The number of likely N-dealkylation sites (tertiary alicyclic amines) is 1. The Bertz CT molecular complexity index is 2180. The molecule has 0 bridgehead atoms. The minimum Gasteiger partial charge on any atom is -0.494 e. The minimum absolute atomic E-state index is 0.0865. The summed E-state index contributed by atoms with van der Waals surface area (Å²) in [5.74, 6) is -0.120. The summed E-state index contributed by atoms with van der Waals surface area (Å²) >= 11 is 0. The van der Waals surface area contributed by atoms with Gasteiger partial charge in [0.05, 0.1) is 48.3 Å². The number of pyridine rings is 2. The molecule has 8 rings (SSSR count). The highest BCUT2D eigenvalue weighted by Crippen LogP contribution is 2.33. The Kier molecular flexibility index (Phi) is 11.6. The molecule has 13 nitrogen and oxygen atoms in total. The number of nitrogens with zero attached hydrogens (tertiary/aromatic N) is 4. The van der Waals surface area contributed by atoms with Crippen LogP contribution in [-0.4, -0.2) is 101 Å². The minimum atomic E-state index is -0.981. The van der Waals surface area contributed by atoms with Crippen LogP contribution in [0.3, 0.4) is 0 Å². The van der Waals surface area contributed by atoms with Crippen LogP contribution in [0.2, 0.25) is 0 Å². The smallest absolute Gasteiger partial charge is 0.262 e. The van der Waals surface area contributed by atoms with Crippen LogP contribution in [0.25, 0.3) is 23.1 Å². The zero-order valence-corrected chi connectivity index (χ0v) is 32.1. The van der Waals surface area contributed by atoms with Crippen molar-refractivity contribution in [2.24, 2.45) is 0 Å². The predicted octanol–water partition coefficient (Wildman–Crippen LogP) is 5.85. The summed E-state index contributed by atoms with van der Waals surface area (Å²) < 4.78 is 23.9. The van der Waals surface area contributed by atoms with Crippen molar-refractivity contribution in [2.75, 3.05) is 33.4 Å². The lowest BCUT2D eigenvalue weighted by Crippen LogP contribution is -2.54. The lowest BCUT2D eigenvalue weighted by Gasteiger charge is -2.40. The van der Waals surface area contributed by atoms with Gasteiger partial charge < -0.3 is 23.8 Å². The SMILES string of the molecule is COc1cc(/C=C/c2ccc3cc(OC4CC(OC5CCN(CCCCCOc6ccc7c(c6)C(=O)N(C6CCC(=O)NC6=O)C7=O)CC5)C4)ccc3n2)ccn1. The molecule has 2 saturated heterocycles. The third kappa shape index (κ3) is 9.00. The molecule has 1 aliphatic carbocycles. The third-order valence-corrected chi connectivity index (χ3v) is 11.2. The monoisotopic (exact) mass is 773 g/mol. The van der Waals surface area contributed by atoms with E-state index in [1.165, 1.54) is 0 Å². The second-order valence-corrected chi connectivity index (χ2v) is 15.1. The summed E-state index contributed by atoms with van der Waals surface area (Å²) in [7, 11) is 1.61. The van der Waals surface area contributed by atoms with Crippen molar-refractivity contribution in [2.45, 2.75) is 82.1 Å².